The summed E-state index contributed by atoms with van der Waals surface area (Å²) in [5.41, 5.74) is 14.9. The summed E-state index contributed by atoms with van der Waals surface area (Å²) >= 11 is 0. The lowest BCUT2D eigenvalue weighted by atomic mass is 9.89. The average molecular weight is 640 g/mol. The zero-order valence-corrected chi connectivity index (χ0v) is 28.4. The van der Waals surface area contributed by atoms with Crippen LogP contribution in [0.25, 0.3) is 44.7 Å². The van der Waals surface area contributed by atoms with Gasteiger partial charge in [0.1, 0.15) is 5.65 Å². The Bertz CT molecular complexity index is 1940. The highest BCUT2D eigenvalue weighted by Crippen LogP contribution is 2.37. The number of imidazole rings is 1. The fraction of sp³-hybridized carbons (Fsp3) is 0.250. The molecule has 0 aliphatic carbocycles. The van der Waals surface area contributed by atoms with Gasteiger partial charge in [0.05, 0.1) is 5.69 Å². The van der Waals surface area contributed by atoms with E-state index < -0.39 is 0 Å². The molecule has 0 saturated carbocycles. The molecule has 48 heavy (non-hydrogen) atoms. The Morgan fingerprint density at radius 3 is 1.98 bits per heavy atom. The average Bonchev–Trinajstić information content (AvgIpc) is 3.68. The van der Waals surface area contributed by atoms with Gasteiger partial charge in [0, 0.05) is 93.3 Å². The van der Waals surface area contributed by atoms with Crippen LogP contribution in [0.15, 0.2) is 104 Å². The molecule has 0 atom stereocenters. The molecular weight excluding hydrogens is 594 g/mol. The maximum Gasteiger partial charge on any atom is 0.216 e. The zero-order valence-electron chi connectivity index (χ0n) is 28.4. The van der Waals surface area contributed by atoms with E-state index in [4.69, 9.17) is 4.98 Å². The van der Waals surface area contributed by atoms with Crippen LogP contribution in [0.2, 0.25) is 0 Å². The molecule has 0 fully saturated rings. The fourth-order valence-corrected chi connectivity index (χ4v) is 6.28. The number of fused-ring (bicyclic) bond motifs is 2. The van der Waals surface area contributed by atoms with E-state index in [0.717, 1.165) is 54.3 Å². The number of carbonyl (C=O) groups excluding carboxylic acids is 1. The molecule has 0 bridgehead atoms. The molecular formula is C40H45N7O. The third-order valence-electron chi connectivity index (χ3n) is 8.77. The van der Waals surface area contributed by atoms with E-state index in [1.807, 2.05) is 6.92 Å². The molecule has 8 nitrogen and oxygen atoms in total. The van der Waals surface area contributed by atoms with Gasteiger partial charge in [0.15, 0.2) is 0 Å². The number of aromatic nitrogens is 3. The van der Waals surface area contributed by atoms with Crippen molar-refractivity contribution in [1.82, 2.24) is 35.1 Å². The van der Waals surface area contributed by atoms with Crippen molar-refractivity contribution >= 4 is 17.1 Å². The molecule has 8 heteroatoms. The molecule has 246 valence electrons. The monoisotopic (exact) mass is 639 g/mol. The van der Waals surface area contributed by atoms with Gasteiger partial charge in [-0.05, 0) is 77.9 Å². The topological polar surface area (TPSA) is 86.9 Å². The SMILES string of the molecule is C=C(C)NCCNCc1ccc2cc(-c3cccc(-c4cccc(-c5cn6cc(CNCCNC(C)=O)ccc6n5)c4C)c3C)cn2c1. The van der Waals surface area contributed by atoms with Gasteiger partial charge in [0.25, 0.3) is 0 Å². The Morgan fingerprint density at radius 2 is 1.29 bits per heavy atom. The standard InChI is InChI=1S/C40H45N7O/c1-27(2)43-18-16-41-21-31-12-14-34-20-33(25-46(34)23-31)35-8-6-9-36(28(35)3)37-10-7-11-38(29(37)4)39-26-47-24-32(13-15-40(47)45-39)22-42-17-19-44-30(5)48/h6-15,20,23-26,41-43H,1,16-19,21-22H2,2-5H3,(H,44,48). The molecule has 4 aromatic heterocycles. The molecule has 0 saturated heterocycles. The third kappa shape index (κ3) is 7.51. The van der Waals surface area contributed by atoms with E-state index in [2.05, 4.69) is 142 Å². The second-order valence-corrected chi connectivity index (χ2v) is 12.5. The zero-order chi connectivity index (χ0) is 33.6. The van der Waals surface area contributed by atoms with E-state index in [9.17, 15) is 4.79 Å². The summed E-state index contributed by atoms with van der Waals surface area (Å²) in [6.45, 7) is 16.4. The normalized spacial score (nSPS) is 11.3. The summed E-state index contributed by atoms with van der Waals surface area (Å²) in [7, 11) is 0. The molecule has 6 aromatic rings. The first-order valence-electron chi connectivity index (χ1n) is 16.6. The Labute approximate surface area is 282 Å². The third-order valence-corrected chi connectivity index (χ3v) is 8.77. The van der Waals surface area contributed by atoms with Crippen molar-refractivity contribution in [3.8, 4) is 33.5 Å². The van der Waals surface area contributed by atoms with E-state index in [1.165, 1.54) is 51.4 Å². The Balaban J connectivity index is 1.21. The van der Waals surface area contributed by atoms with Crippen molar-refractivity contribution in [3.63, 3.8) is 0 Å². The highest BCUT2D eigenvalue weighted by Gasteiger charge is 2.15. The minimum absolute atomic E-state index is 0.0112. The van der Waals surface area contributed by atoms with Crippen molar-refractivity contribution in [2.24, 2.45) is 0 Å². The maximum absolute atomic E-state index is 11.1. The van der Waals surface area contributed by atoms with Gasteiger partial charge in [-0.3, -0.25) is 4.79 Å². The summed E-state index contributed by atoms with van der Waals surface area (Å²) < 4.78 is 4.32. The first-order valence-corrected chi connectivity index (χ1v) is 16.6. The van der Waals surface area contributed by atoms with Crippen LogP contribution in [0.1, 0.15) is 36.1 Å². The molecule has 1 amide bonds. The molecule has 6 rings (SSSR count). The molecule has 0 aliphatic rings. The molecule has 2 aromatic carbocycles. The van der Waals surface area contributed by atoms with Crippen molar-refractivity contribution in [3.05, 3.63) is 126 Å². The van der Waals surface area contributed by atoms with Crippen molar-refractivity contribution < 1.29 is 4.79 Å². The summed E-state index contributed by atoms with van der Waals surface area (Å²) in [6.07, 6.45) is 8.68. The number of hydrogen-bond acceptors (Lipinski definition) is 5. The predicted molar refractivity (Wildman–Crippen MR) is 197 cm³/mol. The summed E-state index contributed by atoms with van der Waals surface area (Å²) in [6, 6.07) is 23.9. The van der Waals surface area contributed by atoms with E-state index in [-0.39, 0.29) is 5.91 Å². The van der Waals surface area contributed by atoms with Gasteiger partial charge in [-0.2, -0.15) is 0 Å². The number of nitrogens with one attached hydrogen (secondary N) is 4. The molecule has 0 radical (unpaired) electrons. The van der Waals surface area contributed by atoms with Gasteiger partial charge in [-0.25, -0.2) is 4.98 Å². The van der Waals surface area contributed by atoms with Crippen LogP contribution in [-0.2, 0) is 17.9 Å². The second-order valence-electron chi connectivity index (χ2n) is 12.5. The number of nitrogens with zero attached hydrogens (tertiary/aromatic N) is 3. The van der Waals surface area contributed by atoms with Crippen molar-refractivity contribution in [1.29, 1.82) is 0 Å². The fourth-order valence-electron chi connectivity index (χ4n) is 6.28. The lowest BCUT2D eigenvalue weighted by Crippen LogP contribution is -2.29. The van der Waals surface area contributed by atoms with E-state index in [1.54, 1.807) is 0 Å². The quantitative estimate of drug-likeness (QED) is 0.100. The number of rotatable bonds is 14. The number of amides is 1. The smallest absolute Gasteiger partial charge is 0.216 e. The van der Waals surface area contributed by atoms with E-state index >= 15 is 0 Å². The van der Waals surface area contributed by atoms with Gasteiger partial charge in [-0.15, -0.1) is 0 Å². The van der Waals surface area contributed by atoms with Crippen LogP contribution in [0.5, 0.6) is 0 Å². The minimum Gasteiger partial charge on any atom is -0.388 e. The van der Waals surface area contributed by atoms with Crippen LogP contribution in [0, 0.1) is 13.8 Å². The maximum atomic E-state index is 11.1. The molecule has 0 aliphatic heterocycles. The second kappa shape index (κ2) is 14.7. The molecule has 0 spiro atoms. The van der Waals surface area contributed by atoms with Gasteiger partial charge < -0.3 is 30.1 Å². The summed E-state index contributed by atoms with van der Waals surface area (Å²) in [5, 5.41) is 13.0. The van der Waals surface area contributed by atoms with Crippen LogP contribution >= 0.6 is 0 Å². The molecule has 4 N–H and O–H groups in total. The highest BCUT2D eigenvalue weighted by molar-refractivity contribution is 5.84. The van der Waals surface area contributed by atoms with E-state index in [0.29, 0.717) is 13.1 Å². The first-order chi connectivity index (χ1) is 23.3. The highest BCUT2D eigenvalue weighted by atomic mass is 16.1. The largest absolute Gasteiger partial charge is 0.388 e. The van der Waals surface area contributed by atoms with Crippen molar-refractivity contribution in [2.45, 2.75) is 40.8 Å². The van der Waals surface area contributed by atoms with Crippen LogP contribution in [-0.4, -0.2) is 45.9 Å². The predicted octanol–water partition coefficient (Wildman–Crippen LogP) is 6.64. The van der Waals surface area contributed by atoms with Crippen molar-refractivity contribution in [2.75, 3.05) is 26.2 Å². The number of allylic oxidation sites excluding steroid dienone is 1. The van der Waals surface area contributed by atoms with Gasteiger partial charge in [0.2, 0.25) is 5.91 Å². The van der Waals surface area contributed by atoms with Gasteiger partial charge in [-0.1, -0.05) is 55.1 Å². The molecule has 0 unspecified atom stereocenters. The van der Waals surface area contributed by atoms with Gasteiger partial charge >= 0.3 is 0 Å². The Kier molecular flexibility index (Phi) is 10.0. The van der Waals surface area contributed by atoms with Crippen LogP contribution < -0.4 is 21.3 Å². The summed E-state index contributed by atoms with van der Waals surface area (Å²) in [5.74, 6) is -0.0112. The molecule has 4 heterocycles. The van der Waals surface area contributed by atoms with Crippen LogP contribution in [0.4, 0.5) is 0 Å². The number of benzene rings is 2. The lowest BCUT2D eigenvalue weighted by molar-refractivity contribution is -0.118. The number of carbonyl (C=O) groups is 1. The summed E-state index contributed by atoms with van der Waals surface area (Å²) in [4.78, 5) is 16.1. The number of pyridine rings is 2. The Hall–Kier alpha value is -5.18. The Morgan fingerprint density at radius 1 is 0.688 bits per heavy atom. The first kappa shape index (κ1) is 32.7. The lowest BCUT2D eigenvalue weighted by Gasteiger charge is -2.15. The van der Waals surface area contributed by atoms with Crippen LogP contribution in [0.3, 0.4) is 0 Å². The number of hydrogen-bond donors (Lipinski definition) is 4. The minimum atomic E-state index is -0.0112.